The lowest BCUT2D eigenvalue weighted by molar-refractivity contribution is 0.0996. The summed E-state index contributed by atoms with van der Waals surface area (Å²) in [7, 11) is -3.33. The number of primary amides is 1. The molecule has 0 aliphatic carbocycles. The SMILES string of the molecule is CC/C=C\Cc1c(C#N)c(C(N)=O)c2n1CCN(C(=O)Nc1ccc(S(C)(=O)=O)cc1)C2. The Labute approximate surface area is 187 Å². The molecule has 0 fully saturated rings. The van der Waals surface area contributed by atoms with Crippen LogP contribution >= 0.6 is 0 Å². The van der Waals surface area contributed by atoms with E-state index in [0.29, 0.717) is 30.9 Å². The second kappa shape index (κ2) is 9.28. The number of nitrogens with two attached hydrogens (primary N) is 1. The minimum Gasteiger partial charge on any atom is -0.366 e. The number of allylic oxidation sites excluding steroid dienone is 2. The zero-order valence-corrected chi connectivity index (χ0v) is 18.8. The molecule has 0 radical (unpaired) electrons. The largest absolute Gasteiger partial charge is 0.366 e. The van der Waals surface area contributed by atoms with Gasteiger partial charge in [-0.1, -0.05) is 19.1 Å². The van der Waals surface area contributed by atoms with Crippen LogP contribution in [0.5, 0.6) is 0 Å². The summed E-state index contributed by atoms with van der Waals surface area (Å²) in [5, 5.41) is 12.4. The zero-order chi connectivity index (χ0) is 23.5. The molecule has 0 unspecified atom stereocenters. The van der Waals surface area contributed by atoms with Gasteiger partial charge >= 0.3 is 6.03 Å². The third-order valence-corrected chi connectivity index (χ3v) is 6.43. The molecule has 3 N–H and O–H groups in total. The van der Waals surface area contributed by atoms with Gasteiger partial charge in [0, 0.05) is 37.1 Å². The Morgan fingerprint density at radius 2 is 1.91 bits per heavy atom. The number of hydrogen-bond donors (Lipinski definition) is 2. The Hall–Kier alpha value is -3.58. The normalized spacial score (nSPS) is 13.6. The van der Waals surface area contributed by atoms with Gasteiger partial charge in [0.2, 0.25) is 0 Å². The molecule has 1 aromatic carbocycles. The fourth-order valence-electron chi connectivity index (χ4n) is 3.76. The zero-order valence-electron chi connectivity index (χ0n) is 18.0. The van der Waals surface area contributed by atoms with Gasteiger partial charge in [-0.3, -0.25) is 4.79 Å². The van der Waals surface area contributed by atoms with Crippen molar-refractivity contribution in [2.75, 3.05) is 18.1 Å². The summed E-state index contributed by atoms with van der Waals surface area (Å²) in [5.74, 6) is -0.699. The number of amides is 3. The first-order chi connectivity index (χ1) is 15.2. The molecule has 1 aliphatic rings. The quantitative estimate of drug-likeness (QED) is 0.644. The molecule has 0 spiro atoms. The van der Waals surface area contributed by atoms with Crippen molar-refractivity contribution in [3.05, 3.63) is 58.9 Å². The molecule has 0 saturated carbocycles. The van der Waals surface area contributed by atoms with Gasteiger partial charge in [0.15, 0.2) is 9.84 Å². The molecule has 1 aliphatic heterocycles. The Morgan fingerprint density at radius 1 is 1.22 bits per heavy atom. The molecule has 0 saturated heterocycles. The van der Waals surface area contributed by atoms with Crippen LogP contribution in [-0.4, -0.2) is 42.6 Å². The number of rotatable bonds is 6. The van der Waals surface area contributed by atoms with Crippen LogP contribution in [0.4, 0.5) is 10.5 Å². The summed E-state index contributed by atoms with van der Waals surface area (Å²) in [4.78, 5) is 26.6. The number of anilines is 1. The number of aromatic nitrogens is 1. The lowest BCUT2D eigenvalue weighted by atomic mass is 10.1. The van der Waals surface area contributed by atoms with Gasteiger partial charge in [-0.05, 0) is 30.7 Å². The maximum absolute atomic E-state index is 12.8. The maximum Gasteiger partial charge on any atom is 0.322 e. The van der Waals surface area contributed by atoms with Gasteiger partial charge in [-0.2, -0.15) is 5.26 Å². The number of carbonyl (C=O) groups excluding carboxylic acids is 2. The molecule has 3 amide bonds. The smallest absolute Gasteiger partial charge is 0.322 e. The van der Waals surface area contributed by atoms with Crippen molar-refractivity contribution in [3.8, 4) is 6.07 Å². The number of nitrogens with one attached hydrogen (secondary N) is 1. The average molecular weight is 456 g/mol. The van der Waals surface area contributed by atoms with E-state index in [1.807, 2.05) is 23.6 Å². The molecule has 9 nitrogen and oxygen atoms in total. The molecule has 3 rings (SSSR count). The minimum absolute atomic E-state index is 0.123. The van der Waals surface area contributed by atoms with Crippen LogP contribution in [0, 0.1) is 11.3 Å². The Morgan fingerprint density at radius 3 is 2.47 bits per heavy atom. The highest BCUT2D eigenvalue weighted by Crippen LogP contribution is 2.28. The summed E-state index contributed by atoms with van der Waals surface area (Å²) in [6, 6.07) is 7.59. The fraction of sp³-hybridized carbons (Fsp3) is 0.318. The minimum atomic E-state index is -3.33. The van der Waals surface area contributed by atoms with E-state index in [0.717, 1.165) is 18.4 Å². The van der Waals surface area contributed by atoms with E-state index in [-0.39, 0.29) is 22.6 Å². The molecule has 0 bridgehead atoms. The molecule has 0 atom stereocenters. The van der Waals surface area contributed by atoms with Crippen molar-refractivity contribution in [1.29, 1.82) is 5.26 Å². The van der Waals surface area contributed by atoms with Crippen molar-refractivity contribution in [3.63, 3.8) is 0 Å². The lowest BCUT2D eigenvalue weighted by Crippen LogP contribution is -2.41. The summed E-state index contributed by atoms with van der Waals surface area (Å²) in [6.45, 7) is 2.93. The Bertz CT molecular complexity index is 1220. The fourth-order valence-corrected chi connectivity index (χ4v) is 4.39. The van der Waals surface area contributed by atoms with Gasteiger partial charge < -0.3 is 20.5 Å². The number of urea groups is 1. The van der Waals surface area contributed by atoms with Crippen LogP contribution in [0.2, 0.25) is 0 Å². The molecule has 2 aromatic rings. The molecule has 2 heterocycles. The van der Waals surface area contributed by atoms with Crippen molar-refractivity contribution in [1.82, 2.24) is 9.47 Å². The number of nitriles is 1. The van der Waals surface area contributed by atoms with Crippen LogP contribution in [0.3, 0.4) is 0 Å². The van der Waals surface area contributed by atoms with E-state index in [1.165, 1.54) is 29.2 Å². The first kappa shape index (κ1) is 23.1. The maximum atomic E-state index is 12.8. The van der Waals surface area contributed by atoms with Crippen LogP contribution < -0.4 is 11.1 Å². The van der Waals surface area contributed by atoms with Gasteiger partial charge in [-0.25, -0.2) is 13.2 Å². The summed E-state index contributed by atoms with van der Waals surface area (Å²) >= 11 is 0. The number of sulfone groups is 1. The standard InChI is InChI=1S/C22H25N5O4S/c1-3-4-5-6-18-17(13-23)20(21(24)28)19-14-26(11-12-27(18)19)22(29)25-15-7-9-16(10-8-15)32(2,30)31/h4-5,7-10H,3,6,11-12,14H2,1-2H3,(H2,24,28)(H,25,29)/b5-4-. The van der Waals surface area contributed by atoms with Gasteiger partial charge in [-0.15, -0.1) is 0 Å². The van der Waals surface area contributed by atoms with E-state index in [1.54, 1.807) is 0 Å². The second-order valence-corrected chi connectivity index (χ2v) is 9.52. The molecule has 10 heteroatoms. The van der Waals surface area contributed by atoms with Crippen LogP contribution in [0.25, 0.3) is 0 Å². The van der Waals surface area contributed by atoms with Crippen LogP contribution in [0.15, 0.2) is 41.3 Å². The van der Waals surface area contributed by atoms with E-state index in [2.05, 4.69) is 11.4 Å². The Balaban J connectivity index is 1.85. The first-order valence-electron chi connectivity index (χ1n) is 10.1. The summed E-state index contributed by atoms with van der Waals surface area (Å²) < 4.78 is 25.1. The Kier molecular flexibility index (Phi) is 6.69. The first-order valence-corrected chi connectivity index (χ1v) is 12.0. The van der Waals surface area contributed by atoms with Gasteiger partial charge in [0.05, 0.1) is 28.3 Å². The topological polar surface area (TPSA) is 138 Å². The lowest BCUT2D eigenvalue weighted by Gasteiger charge is -2.30. The molecule has 1 aromatic heterocycles. The van der Waals surface area contributed by atoms with Crippen molar-refractivity contribution in [2.45, 2.75) is 37.8 Å². The number of hydrogen-bond acceptors (Lipinski definition) is 5. The predicted octanol–water partition coefficient (Wildman–Crippen LogP) is 2.42. The average Bonchev–Trinajstić information content (AvgIpc) is 3.06. The van der Waals surface area contributed by atoms with E-state index in [9.17, 15) is 23.3 Å². The second-order valence-electron chi connectivity index (χ2n) is 7.50. The number of fused-ring (bicyclic) bond motifs is 1. The third kappa shape index (κ3) is 4.68. The molecular weight excluding hydrogens is 430 g/mol. The number of benzene rings is 1. The van der Waals surface area contributed by atoms with Crippen LogP contribution in [0.1, 0.15) is 40.7 Å². The summed E-state index contributed by atoms with van der Waals surface area (Å²) in [5.41, 5.74) is 7.71. The van der Waals surface area contributed by atoms with Crippen molar-refractivity contribution < 1.29 is 18.0 Å². The highest BCUT2D eigenvalue weighted by Gasteiger charge is 2.31. The predicted molar refractivity (Wildman–Crippen MR) is 120 cm³/mol. The van der Waals surface area contributed by atoms with Gasteiger partial charge in [0.25, 0.3) is 5.91 Å². The monoisotopic (exact) mass is 455 g/mol. The molecule has 168 valence electrons. The highest BCUT2D eigenvalue weighted by molar-refractivity contribution is 7.90. The number of nitrogens with zero attached hydrogens (tertiary/aromatic N) is 3. The van der Waals surface area contributed by atoms with Crippen molar-refractivity contribution in [2.24, 2.45) is 5.73 Å². The van der Waals surface area contributed by atoms with Crippen molar-refractivity contribution >= 4 is 27.5 Å². The number of carbonyl (C=O) groups is 2. The van der Waals surface area contributed by atoms with E-state index in [4.69, 9.17) is 5.73 Å². The molecule has 32 heavy (non-hydrogen) atoms. The molecular formula is C22H25N5O4S. The van der Waals surface area contributed by atoms with E-state index < -0.39 is 21.8 Å². The highest BCUT2D eigenvalue weighted by atomic mass is 32.2. The van der Waals surface area contributed by atoms with Gasteiger partial charge in [0.1, 0.15) is 6.07 Å². The van der Waals surface area contributed by atoms with Crippen LogP contribution in [-0.2, 0) is 29.3 Å². The van der Waals surface area contributed by atoms with E-state index >= 15 is 0 Å². The summed E-state index contributed by atoms with van der Waals surface area (Å²) in [6.07, 6.45) is 6.41. The third-order valence-electron chi connectivity index (χ3n) is 5.31.